The van der Waals surface area contributed by atoms with Gasteiger partial charge in [0.25, 0.3) is 0 Å². The van der Waals surface area contributed by atoms with E-state index >= 15 is 0 Å². The van der Waals surface area contributed by atoms with Crippen molar-refractivity contribution in [3.63, 3.8) is 0 Å². The van der Waals surface area contributed by atoms with E-state index in [2.05, 4.69) is 233 Å². The standard InChI is InChI=1S/C58H63N5.Pt/c1-54(2,3)37-28-29-59-50(33-37)62-47-23-19-17-21-43(47)45-26-24-40(34-49(45)62)61-46-22-18-16-20-42(46)44-27-25-41(35-48(44)61)63-53(58(13,14)15)51(52(60-63)57(10,11)12)36-30-38(55(4,5)6)32-39(31-36)56(7,8)9;/h16-33H,1-15H3;/q-2;+2. The summed E-state index contributed by atoms with van der Waals surface area (Å²) in [7, 11) is 0. The molecule has 0 aliphatic carbocycles. The maximum Gasteiger partial charge on any atom is 2.00 e. The van der Waals surface area contributed by atoms with Crippen molar-refractivity contribution in [2.24, 2.45) is 0 Å². The van der Waals surface area contributed by atoms with E-state index in [4.69, 9.17) is 10.1 Å². The van der Waals surface area contributed by atoms with Gasteiger partial charge in [-0.25, -0.2) is 4.98 Å². The van der Waals surface area contributed by atoms with Gasteiger partial charge in [0.05, 0.1) is 11.4 Å². The summed E-state index contributed by atoms with van der Waals surface area (Å²) in [5.74, 6) is 0.889. The van der Waals surface area contributed by atoms with Crippen molar-refractivity contribution in [3.8, 4) is 28.3 Å². The second kappa shape index (κ2) is 15.4. The molecular formula is C58H63N5Pt. The molecule has 5 aromatic carbocycles. The summed E-state index contributed by atoms with van der Waals surface area (Å²) in [4.78, 5) is 4.96. The van der Waals surface area contributed by atoms with Crippen molar-refractivity contribution in [2.75, 3.05) is 0 Å². The maximum absolute atomic E-state index is 5.63. The second-order valence-corrected chi connectivity index (χ2v) is 22.9. The van der Waals surface area contributed by atoms with E-state index in [1.54, 1.807) is 0 Å². The van der Waals surface area contributed by atoms with Crippen LogP contribution in [0.5, 0.6) is 0 Å². The summed E-state index contributed by atoms with van der Waals surface area (Å²) in [6.45, 7) is 34.5. The van der Waals surface area contributed by atoms with Crippen LogP contribution in [0.1, 0.15) is 132 Å². The topological polar surface area (TPSA) is 40.6 Å². The molecule has 0 fully saturated rings. The monoisotopic (exact) mass is 1020 g/mol. The summed E-state index contributed by atoms with van der Waals surface area (Å²) in [5, 5.41) is 10.3. The fraction of sp³-hybridized carbons (Fsp3) is 0.345. The fourth-order valence-corrected chi connectivity index (χ4v) is 9.23. The predicted octanol–water partition coefficient (Wildman–Crippen LogP) is 15.2. The fourth-order valence-electron chi connectivity index (χ4n) is 9.23. The first-order valence-corrected chi connectivity index (χ1v) is 22.6. The van der Waals surface area contributed by atoms with Gasteiger partial charge in [0.2, 0.25) is 0 Å². The Morgan fingerprint density at radius 3 is 1.48 bits per heavy atom. The average Bonchev–Trinajstić information content (AvgIpc) is 3.88. The molecule has 64 heavy (non-hydrogen) atoms. The van der Waals surface area contributed by atoms with E-state index in [0.29, 0.717) is 0 Å². The molecule has 9 aromatic rings. The van der Waals surface area contributed by atoms with Crippen molar-refractivity contribution in [1.82, 2.24) is 23.9 Å². The molecular weight excluding hydrogens is 962 g/mol. The molecule has 0 spiro atoms. The molecule has 0 N–H and O–H groups in total. The number of hydrogen-bond donors (Lipinski definition) is 0. The Balaban J connectivity index is 0.00000560. The van der Waals surface area contributed by atoms with Crippen LogP contribution in [-0.2, 0) is 48.1 Å². The largest absolute Gasteiger partial charge is 2.00 e. The Labute approximate surface area is 395 Å². The first kappa shape index (κ1) is 45.3. The Kier molecular flexibility index (Phi) is 10.9. The van der Waals surface area contributed by atoms with Crippen LogP contribution in [0.25, 0.3) is 71.9 Å². The Bertz CT molecular complexity index is 3210. The van der Waals surface area contributed by atoms with Crippen LogP contribution in [0.4, 0.5) is 0 Å². The molecule has 0 radical (unpaired) electrons. The predicted molar refractivity (Wildman–Crippen MR) is 267 cm³/mol. The molecule has 4 aromatic heterocycles. The third-order valence-electron chi connectivity index (χ3n) is 12.7. The third-order valence-corrected chi connectivity index (χ3v) is 12.7. The van der Waals surface area contributed by atoms with Gasteiger partial charge in [0.1, 0.15) is 5.82 Å². The maximum atomic E-state index is 5.63. The van der Waals surface area contributed by atoms with Gasteiger partial charge < -0.3 is 9.13 Å². The SMILES string of the molecule is CC(C)(C)c1cc(-c2c(C(C)(C)C)nn(-c3[c-]c4c(cc3)c3ccccc3n4-c3[c-]c4c(cc3)c3ccccc3n4-c3cc(C(C)(C)C)ccn3)c2C(C)(C)C)cc(C(C)(C)C)c1.[Pt+2]. The van der Waals surface area contributed by atoms with E-state index in [1.165, 1.54) is 44.3 Å². The molecule has 0 bridgehead atoms. The number of fused-ring (bicyclic) bond motifs is 6. The first-order valence-electron chi connectivity index (χ1n) is 22.6. The molecule has 0 unspecified atom stereocenters. The van der Waals surface area contributed by atoms with Crippen molar-refractivity contribution >= 4 is 43.6 Å². The normalized spacial score (nSPS) is 13.1. The zero-order valence-corrected chi connectivity index (χ0v) is 42.7. The first-order chi connectivity index (χ1) is 29.4. The summed E-state index contributed by atoms with van der Waals surface area (Å²) < 4.78 is 6.82. The van der Waals surface area contributed by atoms with Gasteiger partial charge in [-0.3, -0.25) is 4.68 Å². The van der Waals surface area contributed by atoms with Crippen LogP contribution in [0.15, 0.2) is 109 Å². The van der Waals surface area contributed by atoms with Gasteiger partial charge in [0, 0.05) is 33.6 Å². The molecule has 0 saturated carbocycles. The number of rotatable bonds is 4. The van der Waals surface area contributed by atoms with Gasteiger partial charge in [0.15, 0.2) is 0 Å². The summed E-state index contributed by atoms with van der Waals surface area (Å²) in [6.07, 6.45) is 1.94. The number of para-hydroxylation sites is 2. The third kappa shape index (κ3) is 7.76. The molecule has 330 valence electrons. The average molecular weight is 1030 g/mol. The van der Waals surface area contributed by atoms with Crippen LogP contribution >= 0.6 is 0 Å². The zero-order chi connectivity index (χ0) is 45.2. The van der Waals surface area contributed by atoms with Crippen molar-refractivity contribution in [3.05, 3.63) is 150 Å². The van der Waals surface area contributed by atoms with Crippen LogP contribution in [-0.4, -0.2) is 23.9 Å². The van der Waals surface area contributed by atoms with E-state index < -0.39 is 0 Å². The van der Waals surface area contributed by atoms with Crippen LogP contribution < -0.4 is 0 Å². The van der Waals surface area contributed by atoms with Gasteiger partial charge in [-0.05, 0) is 79.2 Å². The smallest absolute Gasteiger partial charge is 0.358 e. The zero-order valence-electron chi connectivity index (χ0n) is 40.4. The van der Waals surface area contributed by atoms with Gasteiger partial charge in [-0.15, -0.1) is 35.0 Å². The summed E-state index contributed by atoms with van der Waals surface area (Å²) in [6, 6.07) is 45.8. The van der Waals surface area contributed by atoms with Crippen molar-refractivity contribution < 1.29 is 21.1 Å². The number of pyridine rings is 1. The minimum atomic E-state index is -0.258. The van der Waals surface area contributed by atoms with Gasteiger partial charge >= 0.3 is 21.1 Å². The molecule has 5 nitrogen and oxygen atoms in total. The number of aromatic nitrogens is 5. The molecule has 4 heterocycles. The Morgan fingerprint density at radius 2 is 0.953 bits per heavy atom. The van der Waals surface area contributed by atoms with Gasteiger partial charge in [-0.2, -0.15) is 17.2 Å². The molecule has 0 atom stereocenters. The van der Waals surface area contributed by atoms with Crippen LogP contribution in [0.3, 0.4) is 0 Å². The molecule has 0 aliphatic rings. The van der Waals surface area contributed by atoms with E-state index in [9.17, 15) is 0 Å². The summed E-state index contributed by atoms with van der Waals surface area (Å²) in [5.41, 5.74) is 14.1. The minimum absolute atomic E-state index is 0. The van der Waals surface area contributed by atoms with Crippen LogP contribution in [0.2, 0.25) is 0 Å². The number of benzene rings is 5. The summed E-state index contributed by atoms with van der Waals surface area (Å²) >= 11 is 0. The van der Waals surface area contributed by atoms with Crippen molar-refractivity contribution in [1.29, 1.82) is 0 Å². The van der Waals surface area contributed by atoms with Crippen molar-refractivity contribution in [2.45, 2.75) is 131 Å². The van der Waals surface area contributed by atoms with E-state index in [0.717, 1.165) is 55.7 Å². The van der Waals surface area contributed by atoms with Crippen LogP contribution in [0, 0.1) is 12.1 Å². The molecule has 9 rings (SSSR count). The van der Waals surface area contributed by atoms with E-state index in [1.807, 2.05) is 6.20 Å². The van der Waals surface area contributed by atoms with E-state index in [-0.39, 0.29) is 48.1 Å². The molecule has 6 heteroatoms. The molecule has 0 saturated heterocycles. The Hall–Kier alpha value is -5.25. The molecule has 0 amide bonds. The quantitative estimate of drug-likeness (QED) is 0.165. The Morgan fingerprint density at radius 1 is 0.453 bits per heavy atom. The number of nitrogens with zero attached hydrogens (tertiary/aromatic N) is 5. The van der Waals surface area contributed by atoms with Gasteiger partial charge in [-0.1, -0.05) is 175 Å². The number of hydrogen-bond acceptors (Lipinski definition) is 2. The second-order valence-electron chi connectivity index (χ2n) is 22.9. The minimum Gasteiger partial charge on any atom is -0.358 e. The molecule has 0 aliphatic heterocycles.